The van der Waals surface area contributed by atoms with Crippen LogP contribution in [0, 0.1) is 6.92 Å². The predicted octanol–water partition coefficient (Wildman–Crippen LogP) is 0.720. The standard InChI is InChI=1S/C12H17NO5S/c1-10-4-3-5-11(8-10)18-7-6-13(2)19(16,17)9-12(14)15/h3-5,8H,6-7,9H2,1-2H3,(H,14,15). The van der Waals surface area contributed by atoms with Gasteiger partial charge in [0.25, 0.3) is 0 Å². The average molecular weight is 287 g/mol. The van der Waals surface area contributed by atoms with Crippen molar-refractivity contribution < 1.29 is 23.1 Å². The molecule has 0 radical (unpaired) electrons. The van der Waals surface area contributed by atoms with Gasteiger partial charge in [0.1, 0.15) is 12.4 Å². The maximum absolute atomic E-state index is 11.5. The van der Waals surface area contributed by atoms with Gasteiger partial charge in [-0.2, -0.15) is 0 Å². The zero-order valence-electron chi connectivity index (χ0n) is 10.9. The molecule has 0 aliphatic rings. The van der Waals surface area contributed by atoms with Gasteiger partial charge in [-0.25, -0.2) is 12.7 Å². The number of ether oxygens (including phenoxy) is 1. The Bertz CT molecular complexity index is 541. The fraction of sp³-hybridized carbons (Fsp3) is 0.417. The first-order chi connectivity index (χ1) is 8.81. The molecule has 0 atom stereocenters. The molecular formula is C12H17NO5S. The Labute approximate surface area is 112 Å². The topological polar surface area (TPSA) is 83.9 Å². The Morgan fingerprint density at radius 2 is 2.11 bits per heavy atom. The molecule has 19 heavy (non-hydrogen) atoms. The molecule has 106 valence electrons. The van der Waals surface area contributed by atoms with E-state index >= 15 is 0 Å². The molecule has 0 saturated heterocycles. The lowest BCUT2D eigenvalue weighted by molar-refractivity contribution is -0.134. The monoisotopic (exact) mass is 287 g/mol. The van der Waals surface area contributed by atoms with Crippen molar-refractivity contribution >= 4 is 16.0 Å². The molecule has 0 saturated carbocycles. The van der Waals surface area contributed by atoms with E-state index in [0.717, 1.165) is 9.87 Å². The molecule has 1 aromatic rings. The summed E-state index contributed by atoms with van der Waals surface area (Å²) in [6.45, 7) is 2.19. The number of carboxylic acid groups (broad SMARTS) is 1. The lowest BCUT2D eigenvalue weighted by atomic mass is 10.2. The van der Waals surface area contributed by atoms with Crippen LogP contribution in [0.5, 0.6) is 5.75 Å². The molecule has 0 amide bonds. The number of aliphatic carboxylic acids is 1. The van der Waals surface area contributed by atoms with Crippen LogP contribution in [-0.4, -0.2) is 49.8 Å². The maximum Gasteiger partial charge on any atom is 0.320 e. The molecule has 0 aromatic heterocycles. The number of hydrogen-bond donors (Lipinski definition) is 1. The molecule has 0 aliphatic heterocycles. The highest BCUT2D eigenvalue weighted by Crippen LogP contribution is 2.12. The quantitative estimate of drug-likeness (QED) is 0.799. The highest BCUT2D eigenvalue weighted by Gasteiger charge is 2.21. The van der Waals surface area contributed by atoms with E-state index in [4.69, 9.17) is 9.84 Å². The molecule has 0 bridgehead atoms. The van der Waals surface area contributed by atoms with Gasteiger partial charge in [-0.15, -0.1) is 0 Å². The first-order valence-corrected chi connectivity index (χ1v) is 7.27. The first-order valence-electron chi connectivity index (χ1n) is 5.66. The van der Waals surface area contributed by atoms with Gasteiger partial charge >= 0.3 is 5.97 Å². The summed E-state index contributed by atoms with van der Waals surface area (Å²) in [4.78, 5) is 10.4. The summed E-state index contributed by atoms with van der Waals surface area (Å²) in [6, 6.07) is 7.39. The third kappa shape index (κ3) is 5.27. The minimum atomic E-state index is -3.77. The van der Waals surface area contributed by atoms with Crippen molar-refractivity contribution in [2.24, 2.45) is 0 Å². The highest BCUT2D eigenvalue weighted by molar-refractivity contribution is 7.89. The number of rotatable bonds is 7. The van der Waals surface area contributed by atoms with E-state index in [1.165, 1.54) is 7.05 Å². The minimum Gasteiger partial charge on any atom is -0.492 e. The van der Waals surface area contributed by atoms with E-state index in [1.54, 1.807) is 6.07 Å². The molecular weight excluding hydrogens is 270 g/mol. The number of aryl methyl sites for hydroxylation is 1. The number of carboxylic acids is 1. The van der Waals surface area contributed by atoms with Gasteiger partial charge in [0.15, 0.2) is 5.75 Å². The largest absolute Gasteiger partial charge is 0.492 e. The lowest BCUT2D eigenvalue weighted by Crippen LogP contribution is -2.35. The van der Waals surface area contributed by atoms with Crippen LogP contribution >= 0.6 is 0 Å². The van der Waals surface area contributed by atoms with Crippen LogP contribution in [0.2, 0.25) is 0 Å². The van der Waals surface area contributed by atoms with Crippen LogP contribution in [0.3, 0.4) is 0 Å². The number of likely N-dealkylation sites (N-methyl/N-ethyl adjacent to an activating group) is 1. The van der Waals surface area contributed by atoms with Crippen LogP contribution < -0.4 is 4.74 Å². The van der Waals surface area contributed by atoms with Crippen LogP contribution in [0.4, 0.5) is 0 Å². The Morgan fingerprint density at radius 1 is 1.42 bits per heavy atom. The van der Waals surface area contributed by atoms with Crippen LogP contribution in [0.15, 0.2) is 24.3 Å². The average Bonchev–Trinajstić information content (AvgIpc) is 2.27. The van der Waals surface area contributed by atoms with E-state index in [9.17, 15) is 13.2 Å². The second-order valence-corrected chi connectivity index (χ2v) is 6.21. The molecule has 1 aromatic carbocycles. The second kappa shape index (κ2) is 6.53. The Morgan fingerprint density at radius 3 is 2.68 bits per heavy atom. The SMILES string of the molecule is Cc1cccc(OCCN(C)S(=O)(=O)CC(=O)O)c1. The van der Waals surface area contributed by atoms with Gasteiger partial charge in [-0.05, 0) is 24.6 Å². The van der Waals surface area contributed by atoms with E-state index < -0.39 is 21.7 Å². The number of benzene rings is 1. The normalized spacial score (nSPS) is 11.5. The molecule has 0 unspecified atom stereocenters. The summed E-state index contributed by atoms with van der Waals surface area (Å²) in [5.74, 6) is -1.62. The van der Waals surface area contributed by atoms with Crippen molar-refractivity contribution in [3.63, 3.8) is 0 Å². The fourth-order valence-corrected chi connectivity index (χ4v) is 2.29. The van der Waals surface area contributed by atoms with Crippen molar-refractivity contribution in [2.45, 2.75) is 6.92 Å². The number of carbonyl (C=O) groups is 1. The number of nitrogens with zero attached hydrogens (tertiary/aromatic N) is 1. The Hall–Kier alpha value is -1.60. The van der Waals surface area contributed by atoms with Crippen molar-refractivity contribution in [3.05, 3.63) is 29.8 Å². The second-order valence-electron chi connectivity index (χ2n) is 4.14. The Kier molecular flexibility index (Phi) is 5.31. The molecule has 0 heterocycles. The van der Waals surface area contributed by atoms with Gasteiger partial charge in [0.05, 0.1) is 0 Å². The minimum absolute atomic E-state index is 0.101. The molecule has 1 rings (SSSR count). The molecule has 7 heteroatoms. The fourth-order valence-electron chi connectivity index (χ4n) is 1.40. The van der Waals surface area contributed by atoms with E-state index in [1.807, 2.05) is 25.1 Å². The summed E-state index contributed by atoms with van der Waals surface area (Å²) >= 11 is 0. The van der Waals surface area contributed by atoms with Crippen LogP contribution in [0.1, 0.15) is 5.56 Å². The summed E-state index contributed by atoms with van der Waals surface area (Å²) in [7, 11) is -2.44. The molecule has 0 fully saturated rings. The first kappa shape index (κ1) is 15.5. The van der Waals surface area contributed by atoms with Gasteiger partial charge in [0.2, 0.25) is 10.0 Å². The number of sulfonamides is 1. The molecule has 6 nitrogen and oxygen atoms in total. The van der Waals surface area contributed by atoms with Crippen molar-refractivity contribution in [1.82, 2.24) is 4.31 Å². The lowest BCUT2D eigenvalue weighted by Gasteiger charge is -2.16. The summed E-state index contributed by atoms with van der Waals surface area (Å²) in [6.07, 6.45) is 0. The van der Waals surface area contributed by atoms with Gasteiger partial charge < -0.3 is 9.84 Å². The zero-order chi connectivity index (χ0) is 14.5. The third-order valence-corrected chi connectivity index (χ3v) is 4.19. The van der Waals surface area contributed by atoms with E-state index in [0.29, 0.717) is 5.75 Å². The predicted molar refractivity (Wildman–Crippen MR) is 70.7 cm³/mol. The van der Waals surface area contributed by atoms with Gasteiger partial charge in [-0.1, -0.05) is 12.1 Å². The van der Waals surface area contributed by atoms with Gasteiger partial charge in [0, 0.05) is 13.6 Å². The highest BCUT2D eigenvalue weighted by atomic mass is 32.2. The van der Waals surface area contributed by atoms with E-state index in [-0.39, 0.29) is 13.2 Å². The van der Waals surface area contributed by atoms with E-state index in [2.05, 4.69) is 0 Å². The summed E-state index contributed by atoms with van der Waals surface area (Å²) in [5, 5.41) is 8.49. The molecule has 0 aliphatic carbocycles. The summed E-state index contributed by atoms with van der Waals surface area (Å²) < 4.78 is 29.4. The summed E-state index contributed by atoms with van der Waals surface area (Å²) in [5.41, 5.74) is 1.05. The molecule has 1 N–H and O–H groups in total. The smallest absolute Gasteiger partial charge is 0.320 e. The van der Waals surface area contributed by atoms with Crippen molar-refractivity contribution in [1.29, 1.82) is 0 Å². The third-order valence-electron chi connectivity index (χ3n) is 2.45. The zero-order valence-corrected chi connectivity index (χ0v) is 11.7. The van der Waals surface area contributed by atoms with Gasteiger partial charge in [-0.3, -0.25) is 4.79 Å². The van der Waals surface area contributed by atoms with Crippen LogP contribution in [-0.2, 0) is 14.8 Å². The van der Waals surface area contributed by atoms with Crippen molar-refractivity contribution in [2.75, 3.05) is 26.0 Å². The number of hydrogen-bond acceptors (Lipinski definition) is 4. The Balaban J connectivity index is 2.47. The van der Waals surface area contributed by atoms with Crippen LogP contribution in [0.25, 0.3) is 0 Å². The molecule has 0 spiro atoms. The maximum atomic E-state index is 11.5. The van der Waals surface area contributed by atoms with Crippen molar-refractivity contribution in [3.8, 4) is 5.75 Å².